The Morgan fingerprint density at radius 3 is 2.67 bits per heavy atom. The first-order valence-corrected chi connectivity index (χ1v) is 11.3. The molecule has 1 aromatic heterocycles. The molecule has 0 bridgehead atoms. The van der Waals surface area contributed by atoms with Crippen LogP contribution in [0.15, 0.2) is 0 Å². The lowest BCUT2D eigenvalue weighted by Gasteiger charge is -2.36. The van der Waals surface area contributed by atoms with Gasteiger partial charge in [0.15, 0.2) is 0 Å². The van der Waals surface area contributed by atoms with Crippen molar-refractivity contribution in [3.8, 4) is 0 Å². The molecule has 9 heteroatoms. The molecule has 2 atom stereocenters. The minimum absolute atomic E-state index is 0.0261. The van der Waals surface area contributed by atoms with Crippen molar-refractivity contribution >= 4 is 40.2 Å². The number of hydrogen-bond donors (Lipinski definition) is 2. The zero-order valence-electron chi connectivity index (χ0n) is 17.9. The van der Waals surface area contributed by atoms with Gasteiger partial charge in [-0.05, 0) is 44.6 Å². The normalized spacial score (nSPS) is 23.6. The second-order valence-electron chi connectivity index (χ2n) is 7.90. The number of carbonyl (C=O) groups excluding carboxylic acids is 4. The van der Waals surface area contributed by atoms with Crippen LogP contribution in [0.3, 0.4) is 0 Å². The SMILES string of the molecule is CCOC(=O)c1c(NC(=O)CN2C(=O)N[C@]3(CCCC[C@@H]3C)C2=O)sc(C)c1CC. The topological polar surface area (TPSA) is 105 Å². The first kappa shape index (κ1) is 22.3. The van der Waals surface area contributed by atoms with Gasteiger partial charge in [-0.25, -0.2) is 9.59 Å². The van der Waals surface area contributed by atoms with Crippen LogP contribution in [0.2, 0.25) is 0 Å². The average molecular weight is 436 g/mol. The molecule has 2 fully saturated rings. The average Bonchev–Trinajstić information content (AvgIpc) is 3.13. The summed E-state index contributed by atoms with van der Waals surface area (Å²) >= 11 is 1.29. The number of carbonyl (C=O) groups is 4. The molecule has 1 aliphatic heterocycles. The molecule has 2 heterocycles. The highest BCUT2D eigenvalue weighted by molar-refractivity contribution is 7.16. The van der Waals surface area contributed by atoms with E-state index >= 15 is 0 Å². The summed E-state index contributed by atoms with van der Waals surface area (Å²) in [5, 5.41) is 5.95. The van der Waals surface area contributed by atoms with Crippen molar-refractivity contribution in [1.82, 2.24) is 10.2 Å². The third-order valence-electron chi connectivity index (χ3n) is 6.10. The lowest BCUT2D eigenvalue weighted by Crippen LogP contribution is -2.54. The van der Waals surface area contributed by atoms with Crippen LogP contribution in [0, 0.1) is 12.8 Å². The van der Waals surface area contributed by atoms with Gasteiger partial charge in [-0.2, -0.15) is 0 Å². The van der Waals surface area contributed by atoms with Crippen molar-refractivity contribution < 1.29 is 23.9 Å². The van der Waals surface area contributed by atoms with E-state index in [1.165, 1.54) is 11.3 Å². The van der Waals surface area contributed by atoms with E-state index in [2.05, 4.69) is 10.6 Å². The fourth-order valence-corrected chi connectivity index (χ4v) is 5.61. The van der Waals surface area contributed by atoms with E-state index in [0.29, 0.717) is 23.4 Å². The summed E-state index contributed by atoms with van der Waals surface area (Å²) < 4.78 is 5.15. The Morgan fingerprint density at radius 2 is 2.03 bits per heavy atom. The monoisotopic (exact) mass is 435 g/mol. The number of nitrogens with one attached hydrogen (secondary N) is 2. The van der Waals surface area contributed by atoms with Gasteiger partial charge in [0.25, 0.3) is 5.91 Å². The van der Waals surface area contributed by atoms with Gasteiger partial charge < -0.3 is 15.4 Å². The molecule has 4 amide bonds. The molecule has 30 heavy (non-hydrogen) atoms. The third-order valence-corrected chi connectivity index (χ3v) is 7.16. The largest absolute Gasteiger partial charge is 0.462 e. The first-order valence-electron chi connectivity index (χ1n) is 10.5. The maximum atomic E-state index is 13.0. The Balaban J connectivity index is 1.77. The number of esters is 1. The summed E-state index contributed by atoms with van der Waals surface area (Å²) in [6, 6.07) is -0.536. The maximum Gasteiger partial charge on any atom is 0.341 e. The van der Waals surface area contributed by atoms with Crippen LogP contribution >= 0.6 is 11.3 Å². The highest BCUT2D eigenvalue weighted by atomic mass is 32.1. The molecule has 2 aliphatic rings. The van der Waals surface area contributed by atoms with E-state index in [-0.39, 0.29) is 25.0 Å². The Hall–Kier alpha value is -2.42. The number of rotatable bonds is 6. The number of urea groups is 1. The third kappa shape index (κ3) is 3.82. The predicted octanol–water partition coefficient (Wildman–Crippen LogP) is 3.23. The second-order valence-corrected chi connectivity index (χ2v) is 9.13. The zero-order chi connectivity index (χ0) is 22.1. The van der Waals surface area contributed by atoms with Gasteiger partial charge >= 0.3 is 12.0 Å². The van der Waals surface area contributed by atoms with E-state index in [0.717, 1.165) is 34.6 Å². The van der Waals surface area contributed by atoms with Gasteiger partial charge in [-0.1, -0.05) is 26.7 Å². The molecule has 3 rings (SSSR count). The standard InChI is InChI=1S/C21H29N3O5S/c1-5-14-13(4)30-17(16(14)18(26)29-6-2)22-15(25)11-24-19(27)21(23-20(24)28)10-8-7-9-12(21)3/h12H,5-11H2,1-4H3,(H,22,25)(H,23,28)/t12-,21-/m0/s1. The number of hydrogen-bond acceptors (Lipinski definition) is 6. The smallest absolute Gasteiger partial charge is 0.341 e. The van der Waals surface area contributed by atoms with Gasteiger partial charge in [0, 0.05) is 4.88 Å². The van der Waals surface area contributed by atoms with Gasteiger partial charge in [-0.3, -0.25) is 14.5 Å². The second kappa shape index (κ2) is 8.75. The summed E-state index contributed by atoms with van der Waals surface area (Å²) in [4.78, 5) is 52.6. The summed E-state index contributed by atoms with van der Waals surface area (Å²) in [6.07, 6.45) is 3.98. The number of ether oxygens (including phenoxy) is 1. The molecule has 0 aromatic carbocycles. The van der Waals surface area contributed by atoms with Gasteiger partial charge in [0.05, 0.1) is 12.2 Å². The lowest BCUT2D eigenvalue weighted by atomic mass is 9.73. The van der Waals surface area contributed by atoms with Crippen molar-refractivity contribution in [1.29, 1.82) is 0 Å². The van der Waals surface area contributed by atoms with E-state index in [1.54, 1.807) is 6.92 Å². The van der Waals surface area contributed by atoms with Crippen molar-refractivity contribution in [3.05, 3.63) is 16.0 Å². The maximum absolute atomic E-state index is 13.0. The zero-order valence-corrected chi connectivity index (χ0v) is 18.7. The number of nitrogens with zero attached hydrogens (tertiary/aromatic N) is 1. The van der Waals surface area contributed by atoms with Gasteiger partial charge in [0.1, 0.15) is 17.1 Å². The molecule has 1 aliphatic carbocycles. The van der Waals surface area contributed by atoms with E-state index in [4.69, 9.17) is 4.74 Å². The number of imide groups is 1. The number of thiophene rings is 1. The molecule has 0 radical (unpaired) electrons. The number of aryl methyl sites for hydroxylation is 1. The van der Waals surface area contributed by atoms with Crippen molar-refractivity contribution in [3.63, 3.8) is 0 Å². The van der Waals surface area contributed by atoms with Crippen molar-refractivity contribution in [2.75, 3.05) is 18.5 Å². The van der Waals surface area contributed by atoms with Crippen LogP contribution in [-0.4, -0.2) is 47.4 Å². The molecular weight excluding hydrogens is 406 g/mol. The van der Waals surface area contributed by atoms with Crippen LogP contribution in [0.5, 0.6) is 0 Å². The molecule has 1 aromatic rings. The van der Waals surface area contributed by atoms with Crippen LogP contribution < -0.4 is 10.6 Å². The minimum atomic E-state index is -0.902. The van der Waals surface area contributed by atoms with Crippen LogP contribution in [-0.2, 0) is 20.7 Å². The van der Waals surface area contributed by atoms with Crippen LogP contribution in [0.1, 0.15) is 67.3 Å². The quantitative estimate of drug-likeness (QED) is 0.527. The Labute approximate surface area is 180 Å². The lowest BCUT2D eigenvalue weighted by molar-refractivity contribution is -0.136. The first-order chi connectivity index (χ1) is 14.2. The summed E-state index contributed by atoms with van der Waals surface area (Å²) in [6.45, 7) is 7.34. The predicted molar refractivity (Wildman–Crippen MR) is 114 cm³/mol. The molecule has 1 saturated heterocycles. The van der Waals surface area contributed by atoms with Crippen LogP contribution in [0.25, 0.3) is 0 Å². The Kier molecular flexibility index (Phi) is 6.50. The minimum Gasteiger partial charge on any atom is -0.462 e. The van der Waals surface area contributed by atoms with Crippen LogP contribution in [0.4, 0.5) is 9.80 Å². The number of amides is 4. The van der Waals surface area contributed by atoms with Gasteiger partial charge in [-0.15, -0.1) is 11.3 Å². The van der Waals surface area contributed by atoms with E-state index < -0.39 is 23.4 Å². The number of anilines is 1. The molecule has 164 valence electrons. The molecule has 1 saturated carbocycles. The van der Waals surface area contributed by atoms with Crippen molar-refractivity contribution in [2.24, 2.45) is 5.92 Å². The van der Waals surface area contributed by atoms with E-state index in [1.807, 2.05) is 20.8 Å². The fraction of sp³-hybridized carbons (Fsp3) is 0.619. The highest BCUT2D eigenvalue weighted by Gasteiger charge is 2.55. The molecular formula is C21H29N3O5S. The van der Waals surface area contributed by atoms with Gasteiger partial charge in [0.2, 0.25) is 5.91 Å². The summed E-state index contributed by atoms with van der Waals surface area (Å²) in [7, 11) is 0. The summed E-state index contributed by atoms with van der Waals surface area (Å²) in [5.41, 5.74) is 0.282. The molecule has 1 spiro atoms. The fourth-order valence-electron chi connectivity index (χ4n) is 4.46. The molecule has 0 unspecified atom stereocenters. The Morgan fingerprint density at radius 1 is 1.30 bits per heavy atom. The molecule has 2 N–H and O–H groups in total. The summed E-state index contributed by atoms with van der Waals surface area (Å²) in [5.74, 6) is -1.32. The van der Waals surface area contributed by atoms with Crippen molar-refractivity contribution in [2.45, 2.75) is 65.3 Å². The Bertz CT molecular complexity index is 880. The molecule has 8 nitrogen and oxygen atoms in total. The van der Waals surface area contributed by atoms with E-state index in [9.17, 15) is 19.2 Å². The highest BCUT2D eigenvalue weighted by Crippen LogP contribution is 2.38.